The number of ether oxygens (including phenoxy) is 1. The van der Waals surface area contributed by atoms with E-state index in [9.17, 15) is 4.79 Å². The van der Waals surface area contributed by atoms with Crippen LogP contribution in [-0.4, -0.2) is 17.0 Å². The molecule has 0 spiro atoms. The van der Waals surface area contributed by atoms with Gasteiger partial charge >= 0.3 is 0 Å². The molecule has 1 fully saturated rings. The Hall–Kier alpha value is -0.890. The average molecular weight is 232 g/mol. The summed E-state index contributed by atoms with van der Waals surface area (Å²) in [5, 5.41) is 0. The minimum absolute atomic E-state index is 0.152. The van der Waals surface area contributed by atoms with Crippen molar-refractivity contribution in [3.8, 4) is 0 Å². The number of hydrogen-bond donors (Lipinski definition) is 0. The normalized spacial score (nSPS) is 46.7. The number of rotatable bonds is 0. The molecule has 3 aliphatic rings. The summed E-state index contributed by atoms with van der Waals surface area (Å²) in [4.78, 5) is 12.1. The Bertz CT molecular complexity index is 458. The molecule has 1 saturated heterocycles. The Morgan fingerprint density at radius 3 is 2.71 bits per heavy atom. The van der Waals surface area contributed by atoms with Gasteiger partial charge in [-0.25, -0.2) is 0 Å². The van der Waals surface area contributed by atoms with E-state index in [4.69, 9.17) is 4.74 Å². The highest BCUT2D eigenvalue weighted by Crippen LogP contribution is 2.63. The summed E-state index contributed by atoms with van der Waals surface area (Å²) in [7, 11) is 0. The van der Waals surface area contributed by atoms with Gasteiger partial charge in [0, 0.05) is 16.9 Å². The van der Waals surface area contributed by atoms with Gasteiger partial charge in [-0.2, -0.15) is 0 Å². The Morgan fingerprint density at radius 1 is 1.29 bits per heavy atom. The molecule has 3 atom stereocenters. The van der Waals surface area contributed by atoms with Crippen molar-refractivity contribution in [2.75, 3.05) is 0 Å². The molecule has 0 amide bonds. The van der Waals surface area contributed by atoms with Crippen LogP contribution in [0.1, 0.15) is 40.5 Å². The predicted octanol–water partition coefficient (Wildman–Crippen LogP) is 3.04. The van der Waals surface area contributed by atoms with E-state index in [0.717, 1.165) is 18.4 Å². The minimum Gasteiger partial charge on any atom is -0.368 e. The second-order valence-electron chi connectivity index (χ2n) is 6.50. The second kappa shape index (κ2) is 2.92. The maximum atomic E-state index is 12.1. The molecule has 2 nitrogen and oxygen atoms in total. The van der Waals surface area contributed by atoms with Gasteiger partial charge < -0.3 is 4.74 Å². The van der Waals surface area contributed by atoms with Crippen LogP contribution < -0.4 is 0 Å². The lowest BCUT2D eigenvalue weighted by atomic mass is 9.55. The highest BCUT2D eigenvalue weighted by molar-refractivity contribution is 6.06. The van der Waals surface area contributed by atoms with E-state index in [-0.39, 0.29) is 22.4 Å². The zero-order chi connectivity index (χ0) is 12.5. The Morgan fingerprint density at radius 2 is 2.00 bits per heavy atom. The lowest BCUT2D eigenvalue weighted by molar-refractivity contribution is -0.119. The maximum absolute atomic E-state index is 12.1. The topological polar surface area (TPSA) is 26.3 Å². The van der Waals surface area contributed by atoms with Crippen molar-refractivity contribution in [2.24, 2.45) is 11.3 Å². The number of ketones is 1. The first-order chi connectivity index (χ1) is 7.81. The highest BCUT2D eigenvalue weighted by atomic mass is 16.5. The van der Waals surface area contributed by atoms with Crippen molar-refractivity contribution in [3.63, 3.8) is 0 Å². The van der Waals surface area contributed by atoms with Gasteiger partial charge in [0.15, 0.2) is 5.78 Å². The van der Waals surface area contributed by atoms with Crippen LogP contribution in [0.2, 0.25) is 0 Å². The molecule has 0 N–H and O–H groups in total. The van der Waals surface area contributed by atoms with Gasteiger partial charge in [0.05, 0.1) is 11.2 Å². The van der Waals surface area contributed by atoms with Gasteiger partial charge in [-0.3, -0.25) is 4.79 Å². The molecule has 17 heavy (non-hydrogen) atoms. The molecule has 0 radical (unpaired) electrons. The first-order valence-corrected chi connectivity index (χ1v) is 6.45. The molecule has 0 aromatic carbocycles. The summed E-state index contributed by atoms with van der Waals surface area (Å²) in [6.45, 7) is 8.67. The van der Waals surface area contributed by atoms with E-state index in [1.54, 1.807) is 6.08 Å². The van der Waals surface area contributed by atoms with Gasteiger partial charge in [0.1, 0.15) is 0 Å². The van der Waals surface area contributed by atoms with Crippen molar-refractivity contribution < 1.29 is 9.53 Å². The monoisotopic (exact) mass is 232 g/mol. The van der Waals surface area contributed by atoms with Crippen molar-refractivity contribution in [1.29, 1.82) is 0 Å². The summed E-state index contributed by atoms with van der Waals surface area (Å²) in [5.74, 6) is 0.472. The Balaban J connectivity index is 2.27. The van der Waals surface area contributed by atoms with Crippen LogP contribution in [-0.2, 0) is 9.53 Å². The van der Waals surface area contributed by atoms with E-state index >= 15 is 0 Å². The van der Waals surface area contributed by atoms with Gasteiger partial charge in [0.2, 0.25) is 0 Å². The predicted molar refractivity (Wildman–Crippen MR) is 66.6 cm³/mol. The Kier molecular flexibility index (Phi) is 1.92. The van der Waals surface area contributed by atoms with Crippen LogP contribution in [0.25, 0.3) is 0 Å². The number of carbonyl (C=O) groups excluding carboxylic acids is 1. The van der Waals surface area contributed by atoms with Crippen LogP contribution in [0.3, 0.4) is 0 Å². The third kappa shape index (κ3) is 1.12. The third-order valence-corrected chi connectivity index (χ3v) is 5.19. The van der Waals surface area contributed by atoms with E-state index < -0.39 is 0 Å². The lowest BCUT2D eigenvalue weighted by Gasteiger charge is -2.47. The molecule has 1 heterocycles. The molecule has 3 rings (SSSR count). The van der Waals surface area contributed by atoms with Crippen LogP contribution in [0, 0.1) is 11.3 Å². The van der Waals surface area contributed by atoms with E-state index in [1.807, 2.05) is 0 Å². The second-order valence-corrected chi connectivity index (χ2v) is 6.50. The molecular formula is C15H20O2. The van der Waals surface area contributed by atoms with Crippen LogP contribution in [0.5, 0.6) is 0 Å². The van der Waals surface area contributed by atoms with Crippen molar-refractivity contribution in [3.05, 3.63) is 23.8 Å². The summed E-state index contributed by atoms with van der Waals surface area (Å²) in [6.07, 6.45) is 7.89. The average Bonchev–Trinajstić information content (AvgIpc) is 2.35. The number of allylic oxidation sites excluding steroid dienone is 2. The first kappa shape index (κ1) is 11.2. The fraction of sp³-hybridized carbons (Fsp3) is 0.667. The molecule has 0 unspecified atom stereocenters. The first-order valence-electron chi connectivity index (χ1n) is 6.45. The summed E-state index contributed by atoms with van der Waals surface area (Å²) in [5.41, 5.74) is 0.431. The van der Waals surface area contributed by atoms with Crippen molar-refractivity contribution >= 4 is 5.78 Å². The summed E-state index contributed by atoms with van der Waals surface area (Å²) in [6, 6.07) is 0. The van der Waals surface area contributed by atoms with Crippen LogP contribution >= 0.6 is 0 Å². The summed E-state index contributed by atoms with van der Waals surface area (Å²) >= 11 is 0. The number of hydrogen-bond acceptors (Lipinski definition) is 2. The zero-order valence-electron chi connectivity index (χ0n) is 11.0. The van der Waals surface area contributed by atoms with Gasteiger partial charge in [0.25, 0.3) is 0 Å². The molecule has 0 aromatic rings. The quantitative estimate of drug-likeness (QED) is 0.641. The smallest absolute Gasteiger partial charge is 0.181 e. The molecule has 0 aromatic heterocycles. The number of carbonyl (C=O) groups is 1. The fourth-order valence-corrected chi connectivity index (χ4v) is 4.30. The molecule has 1 aliphatic heterocycles. The lowest BCUT2D eigenvalue weighted by Crippen LogP contribution is -2.49. The van der Waals surface area contributed by atoms with E-state index in [2.05, 4.69) is 39.8 Å². The largest absolute Gasteiger partial charge is 0.368 e. The Labute approximate surface area is 103 Å². The molecule has 2 heteroatoms. The molecular weight excluding hydrogens is 212 g/mol. The molecule has 2 aliphatic carbocycles. The van der Waals surface area contributed by atoms with Gasteiger partial charge in [-0.05, 0) is 39.7 Å². The highest BCUT2D eigenvalue weighted by Gasteiger charge is 2.66. The minimum atomic E-state index is -0.203. The van der Waals surface area contributed by atoms with E-state index in [1.165, 1.54) is 0 Å². The maximum Gasteiger partial charge on any atom is 0.181 e. The molecule has 92 valence electrons. The van der Waals surface area contributed by atoms with Crippen LogP contribution in [0.15, 0.2) is 23.8 Å². The summed E-state index contributed by atoms with van der Waals surface area (Å²) < 4.78 is 6.36. The van der Waals surface area contributed by atoms with Crippen molar-refractivity contribution in [2.45, 2.75) is 51.7 Å². The van der Waals surface area contributed by atoms with Crippen molar-refractivity contribution in [1.82, 2.24) is 0 Å². The van der Waals surface area contributed by atoms with E-state index in [0.29, 0.717) is 5.92 Å². The third-order valence-electron chi connectivity index (χ3n) is 5.19. The zero-order valence-corrected chi connectivity index (χ0v) is 11.0. The van der Waals surface area contributed by atoms with Gasteiger partial charge in [-0.1, -0.05) is 19.1 Å². The van der Waals surface area contributed by atoms with Gasteiger partial charge in [-0.15, -0.1) is 0 Å². The molecule has 0 bridgehead atoms. The SMILES string of the molecule is CC1(C)O[C@@]2(C)CCC=C3C(=O)C=C[C@@H]1[C@]32C. The fourth-order valence-electron chi connectivity index (χ4n) is 4.30. The van der Waals surface area contributed by atoms with Crippen LogP contribution in [0.4, 0.5) is 0 Å². The molecule has 0 saturated carbocycles. The standard InChI is InChI=1S/C15H20O2/c1-13(2)12-8-7-11(16)10-6-5-9-14(3,17-13)15(10,12)4/h6-8,12H,5,9H2,1-4H3/t12-,14-,15-/m0/s1.